The fourth-order valence-electron chi connectivity index (χ4n) is 1.53. The second kappa shape index (κ2) is 4.94. The quantitative estimate of drug-likeness (QED) is 0.761. The zero-order valence-corrected chi connectivity index (χ0v) is 10.1. The number of hydrogen-bond donors (Lipinski definition) is 0. The molecule has 0 amide bonds. The van der Waals surface area contributed by atoms with E-state index in [1.807, 2.05) is 30.3 Å². The largest absolute Gasteiger partial charge is 0.224 e. The van der Waals surface area contributed by atoms with Gasteiger partial charge in [-0.1, -0.05) is 31.2 Å². The van der Waals surface area contributed by atoms with Crippen molar-refractivity contribution in [1.29, 1.82) is 5.26 Å². The number of aromatic nitrogens is 2. The second-order valence-electron chi connectivity index (χ2n) is 3.57. The van der Waals surface area contributed by atoms with Gasteiger partial charge in [-0.05, 0) is 23.6 Å². The van der Waals surface area contributed by atoms with E-state index in [9.17, 15) is 0 Å². The Balaban J connectivity index is 2.45. The number of nitriles is 1. The maximum atomic E-state index is 8.82. The molecule has 0 saturated carbocycles. The van der Waals surface area contributed by atoms with E-state index in [0.717, 1.165) is 12.0 Å². The first kappa shape index (κ1) is 11.6. The van der Waals surface area contributed by atoms with Crippen LogP contribution in [0.2, 0.25) is 5.28 Å². The van der Waals surface area contributed by atoms with Crippen molar-refractivity contribution in [2.45, 2.75) is 13.3 Å². The third-order valence-electron chi connectivity index (χ3n) is 2.47. The summed E-state index contributed by atoms with van der Waals surface area (Å²) in [4.78, 5) is 7.92. The van der Waals surface area contributed by atoms with Gasteiger partial charge in [-0.3, -0.25) is 0 Å². The summed E-state index contributed by atoms with van der Waals surface area (Å²) >= 11 is 5.76. The maximum absolute atomic E-state index is 8.82. The van der Waals surface area contributed by atoms with Crippen molar-refractivity contribution >= 4 is 11.6 Å². The number of aryl methyl sites for hydroxylation is 1. The average molecular weight is 244 g/mol. The highest BCUT2D eigenvalue weighted by Gasteiger charge is 2.04. The summed E-state index contributed by atoms with van der Waals surface area (Å²) in [5, 5.41) is 8.91. The zero-order chi connectivity index (χ0) is 12.3. The summed E-state index contributed by atoms with van der Waals surface area (Å²) < 4.78 is 0. The molecule has 0 N–H and O–H groups in total. The van der Waals surface area contributed by atoms with Crippen molar-refractivity contribution in [1.82, 2.24) is 9.97 Å². The standard InChI is InChI=1S/C13H10ClN3/c1-2-9-3-5-10(6-4-9)12-7-11(8-15)16-13(14)17-12/h3-7H,2H2,1H3. The summed E-state index contributed by atoms with van der Waals surface area (Å²) in [6.45, 7) is 2.10. The molecule has 0 aliphatic carbocycles. The molecule has 4 heteroatoms. The molecule has 1 aromatic heterocycles. The molecule has 0 aliphatic rings. The Morgan fingerprint density at radius 1 is 1.24 bits per heavy atom. The van der Waals surface area contributed by atoms with Gasteiger partial charge in [-0.25, -0.2) is 9.97 Å². The molecule has 2 rings (SSSR count). The molecule has 0 spiro atoms. The Hall–Kier alpha value is -1.92. The van der Waals surface area contributed by atoms with Gasteiger partial charge in [0.2, 0.25) is 5.28 Å². The highest BCUT2D eigenvalue weighted by Crippen LogP contribution is 2.20. The molecule has 3 nitrogen and oxygen atoms in total. The molecule has 1 heterocycles. The second-order valence-corrected chi connectivity index (χ2v) is 3.91. The lowest BCUT2D eigenvalue weighted by Crippen LogP contribution is -1.91. The normalized spacial score (nSPS) is 9.94. The molecule has 0 aliphatic heterocycles. The summed E-state index contributed by atoms with van der Waals surface area (Å²) in [5.74, 6) is 0. The van der Waals surface area contributed by atoms with E-state index in [-0.39, 0.29) is 11.0 Å². The van der Waals surface area contributed by atoms with Crippen molar-refractivity contribution in [3.63, 3.8) is 0 Å². The fourth-order valence-corrected chi connectivity index (χ4v) is 1.72. The smallest absolute Gasteiger partial charge is 0.218 e. The Bertz CT molecular complexity index is 570. The molecule has 2 aromatic rings. The maximum Gasteiger partial charge on any atom is 0.224 e. The highest BCUT2D eigenvalue weighted by molar-refractivity contribution is 6.28. The predicted molar refractivity (Wildman–Crippen MR) is 66.6 cm³/mol. The van der Waals surface area contributed by atoms with Crippen molar-refractivity contribution in [3.05, 3.63) is 46.9 Å². The molecule has 17 heavy (non-hydrogen) atoms. The van der Waals surface area contributed by atoms with Crippen LogP contribution in [0.3, 0.4) is 0 Å². The fraction of sp³-hybridized carbons (Fsp3) is 0.154. The van der Waals surface area contributed by atoms with Crippen LogP contribution in [0.5, 0.6) is 0 Å². The van der Waals surface area contributed by atoms with Crippen LogP contribution in [0.1, 0.15) is 18.2 Å². The molecular weight excluding hydrogens is 234 g/mol. The highest BCUT2D eigenvalue weighted by atomic mass is 35.5. The van der Waals surface area contributed by atoms with E-state index in [4.69, 9.17) is 16.9 Å². The van der Waals surface area contributed by atoms with Gasteiger partial charge in [0.1, 0.15) is 11.8 Å². The first-order chi connectivity index (χ1) is 8.22. The van der Waals surface area contributed by atoms with Crippen LogP contribution in [-0.4, -0.2) is 9.97 Å². The summed E-state index contributed by atoms with van der Waals surface area (Å²) in [6.07, 6.45) is 0.994. The summed E-state index contributed by atoms with van der Waals surface area (Å²) in [6, 6.07) is 11.6. The van der Waals surface area contributed by atoms with Gasteiger partial charge in [0.25, 0.3) is 0 Å². The van der Waals surface area contributed by atoms with Gasteiger partial charge in [0.15, 0.2) is 0 Å². The van der Waals surface area contributed by atoms with Crippen molar-refractivity contribution < 1.29 is 0 Å². The Labute approximate surface area is 105 Å². The van der Waals surface area contributed by atoms with Gasteiger partial charge in [0, 0.05) is 11.6 Å². The lowest BCUT2D eigenvalue weighted by atomic mass is 10.1. The molecule has 1 aromatic carbocycles. The van der Waals surface area contributed by atoms with E-state index < -0.39 is 0 Å². The topological polar surface area (TPSA) is 49.6 Å². The SMILES string of the molecule is CCc1ccc(-c2cc(C#N)nc(Cl)n2)cc1. The zero-order valence-electron chi connectivity index (χ0n) is 9.31. The first-order valence-corrected chi connectivity index (χ1v) is 5.64. The van der Waals surface area contributed by atoms with Gasteiger partial charge >= 0.3 is 0 Å². The Morgan fingerprint density at radius 3 is 2.53 bits per heavy atom. The lowest BCUT2D eigenvalue weighted by molar-refractivity contribution is 1.13. The van der Waals surface area contributed by atoms with E-state index >= 15 is 0 Å². The van der Waals surface area contributed by atoms with Crippen LogP contribution in [0, 0.1) is 11.3 Å². The molecule has 0 bridgehead atoms. The predicted octanol–water partition coefficient (Wildman–Crippen LogP) is 3.23. The molecule has 0 radical (unpaired) electrons. The molecule has 0 atom stereocenters. The van der Waals surface area contributed by atoms with E-state index in [0.29, 0.717) is 5.69 Å². The lowest BCUT2D eigenvalue weighted by Gasteiger charge is -2.03. The van der Waals surface area contributed by atoms with E-state index in [2.05, 4.69) is 16.9 Å². The monoisotopic (exact) mass is 243 g/mol. The van der Waals surface area contributed by atoms with Crippen molar-refractivity contribution in [2.24, 2.45) is 0 Å². The molecular formula is C13H10ClN3. The van der Waals surface area contributed by atoms with E-state index in [1.54, 1.807) is 6.07 Å². The molecule has 0 saturated heterocycles. The third kappa shape index (κ3) is 2.61. The Kier molecular flexibility index (Phi) is 3.36. The minimum absolute atomic E-state index is 0.0959. The van der Waals surface area contributed by atoms with Crippen LogP contribution < -0.4 is 0 Å². The number of benzene rings is 1. The first-order valence-electron chi connectivity index (χ1n) is 5.27. The average Bonchev–Trinajstić information content (AvgIpc) is 2.38. The number of halogens is 1. The Morgan fingerprint density at radius 2 is 1.94 bits per heavy atom. The molecule has 0 unspecified atom stereocenters. The van der Waals surface area contributed by atoms with E-state index in [1.165, 1.54) is 5.56 Å². The van der Waals surface area contributed by atoms with Gasteiger partial charge in [-0.2, -0.15) is 5.26 Å². The van der Waals surface area contributed by atoms with Crippen LogP contribution in [0.4, 0.5) is 0 Å². The number of nitrogens with zero attached hydrogens (tertiary/aromatic N) is 3. The van der Waals surface area contributed by atoms with Crippen LogP contribution in [0.25, 0.3) is 11.3 Å². The van der Waals surface area contributed by atoms with Gasteiger partial charge in [-0.15, -0.1) is 0 Å². The minimum atomic E-state index is 0.0959. The third-order valence-corrected chi connectivity index (χ3v) is 2.64. The minimum Gasteiger partial charge on any atom is -0.218 e. The van der Waals surface area contributed by atoms with Gasteiger partial charge < -0.3 is 0 Å². The number of hydrogen-bond acceptors (Lipinski definition) is 3. The van der Waals surface area contributed by atoms with Gasteiger partial charge in [0.05, 0.1) is 5.69 Å². The van der Waals surface area contributed by atoms with Crippen LogP contribution in [0.15, 0.2) is 30.3 Å². The molecule has 84 valence electrons. The summed E-state index contributed by atoms with van der Waals surface area (Å²) in [7, 11) is 0. The summed E-state index contributed by atoms with van der Waals surface area (Å²) in [5.41, 5.74) is 3.14. The van der Waals surface area contributed by atoms with Crippen molar-refractivity contribution in [3.8, 4) is 17.3 Å². The van der Waals surface area contributed by atoms with Crippen molar-refractivity contribution in [2.75, 3.05) is 0 Å². The van der Waals surface area contributed by atoms with Crippen LogP contribution >= 0.6 is 11.6 Å². The molecule has 0 fully saturated rings. The number of rotatable bonds is 2. The van der Waals surface area contributed by atoms with Crippen LogP contribution in [-0.2, 0) is 6.42 Å².